The van der Waals surface area contributed by atoms with Gasteiger partial charge in [0.05, 0.1) is 5.69 Å². The highest BCUT2D eigenvalue weighted by Crippen LogP contribution is 2.47. The van der Waals surface area contributed by atoms with Crippen LogP contribution in [0.2, 0.25) is 0 Å². The molecule has 2 atom stereocenters. The minimum absolute atomic E-state index is 0.0460. The van der Waals surface area contributed by atoms with Gasteiger partial charge in [-0.05, 0) is 100 Å². The number of carbonyl (C=O) groups excluding carboxylic acids is 1. The maximum absolute atomic E-state index is 14.0. The first-order valence-corrected chi connectivity index (χ1v) is 13.7. The van der Waals surface area contributed by atoms with Crippen LogP contribution in [0.25, 0.3) is 5.57 Å². The van der Waals surface area contributed by atoms with Crippen molar-refractivity contribution in [2.75, 3.05) is 4.90 Å². The first-order chi connectivity index (χ1) is 15.5. The lowest BCUT2D eigenvalue weighted by atomic mass is 9.80. The van der Waals surface area contributed by atoms with Crippen molar-refractivity contribution in [2.24, 2.45) is 23.7 Å². The molecule has 0 spiro atoms. The lowest BCUT2D eigenvalue weighted by molar-refractivity contribution is -0.124. The smallest absolute Gasteiger partial charge is 0.348 e. The van der Waals surface area contributed by atoms with E-state index in [2.05, 4.69) is 19.1 Å². The highest BCUT2D eigenvalue weighted by Gasteiger charge is 2.42. The Hall–Kier alpha value is -1.62. The van der Waals surface area contributed by atoms with Crippen molar-refractivity contribution in [1.82, 2.24) is 0 Å². The summed E-state index contributed by atoms with van der Waals surface area (Å²) in [6, 6.07) is 2.22. The molecular formula is C27H37NO3S. The highest BCUT2D eigenvalue weighted by molar-refractivity contribution is 7.15. The van der Waals surface area contributed by atoms with Crippen molar-refractivity contribution in [3.05, 3.63) is 21.9 Å². The van der Waals surface area contributed by atoms with Gasteiger partial charge in [0.2, 0.25) is 5.91 Å². The van der Waals surface area contributed by atoms with Gasteiger partial charge in [-0.2, -0.15) is 0 Å². The van der Waals surface area contributed by atoms with Crippen LogP contribution >= 0.6 is 11.3 Å². The van der Waals surface area contributed by atoms with E-state index in [9.17, 15) is 14.7 Å². The molecule has 2 bridgehead atoms. The first kappa shape index (κ1) is 22.2. The number of carboxylic acid groups (broad SMARTS) is 1. The van der Waals surface area contributed by atoms with Crippen molar-refractivity contribution in [1.29, 1.82) is 0 Å². The summed E-state index contributed by atoms with van der Waals surface area (Å²) in [4.78, 5) is 29.8. The fourth-order valence-electron chi connectivity index (χ4n) is 6.82. The SMILES string of the molecule is C[C@H]1CC[C@H](C(=O)N(c2cc(C3=CCCCC3)sc2C(=O)O)C2CC3CCC(C3)C2)CC1. The number of nitrogens with zero attached hydrogens (tertiary/aromatic N) is 1. The van der Waals surface area contributed by atoms with Crippen LogP contribution in [0.15, 0.2) is 12.1 Å². The Morgan fingerprint density at radius 1 is 1.00 bits per heavy atom. The summed E-state index contributed by atoms with van der Waals surface area (Å²) in [7, 11) is 0. The number of amides is 1. The molecular weight excluding hydrogens is 418 g/mol. The number of aromatic carboxylic acids is 1. The molecule has 0 saturated heterocycles. The number of allylic oxidation sites excluding steroid dienone is 2. The largest absolute Gasteiger partial charge is 0.477 e. The van der Waals surface area contributed by atoms with Gasteiger partial charge in [-0.3, -0.25) is 4.79 Å². The Morgan fingerprint density at radius 2 is 1.72 bits per heavy atom. The van der Waals surface area contributed by atoms with Crippen LogP contribution in [0, 0.1) is 23.7 Å². The average Bonchev–Trinajstić information content (AvgIpc) is 3.38. The average molecular weight is 456 g/mol. The lowest BCUT2D eigenvalue weighted by Gasteiger charge is -2.40. The number of rotatable bonds is 5. The molecule has 174 valence electrons. The third-order valence-corrected chi connectivity index (χ3v) is 9.79. The first-order valence-electron chi connectivity index (χ1n) is 12.9. The maximum Gasteiger partial charge on any atom is 0.348 e. The van der Waals surface area contributed by atoms with E-state index in [-0.39, 0.29) is 17.9 Å². The van der Waals surface area contributed by atoms with E-state index < -0.39 is 5.97 Å². The summed E-state index contributed by atoms with van der Waals surface area (Å²) >= 11 is 1.39. The molecule has 3 saturated carbocycles. The van der Waals surface area contributed by atoms with Gasteiger partial charge in [0.25, 0.3) is 0 Å². The lowest BCUT2D eigenvalue weighted by Crippen LogP contribution is -2.47. The molecule has 1 aromatic rings. The molecule has 3 fully saturated rings. The van der Waals surface area contributed by atoms with E-state index in [1.807, 2.05) is 4.90 Å². The third kappa shape index (κ3) is 4.42. The molecule has 4 aliphatic rings. The molecule has 5 rings (SSSR count). The van der Waals surface area contributed by atoms with Gasteiger partial charge < -0.3 is 10.0 Å². The zero-order valence-electron chi connectivity index (χ0n) is 19.4. The molecule has 0 aliphatic heterocycles. The van der Waals surface area contributed by atoms with Gasteiger partial charge in [0, 0.05) is 16.8 Å². The maximum atomic E-state index is 14.0. The molecule has 1 heterocycles. The summed E-state index contributed by atoms with van der Waals surface area (Å²) in [6.45, 7) is 2.28. The van der Waals surface area contributed by atoms with E-state index in [4.69, 9.17) is 0 Å². The number of hydrogen-bond donors (Lipinski definition) is 1. The molecule has 5 heteroatoms. The number of thiophene rings is 1. The second-order valence-electron chi connectivity index (χ2n) is 10.9. The Balaban J connectivity index is 1.52. The Labute approximate surface area is 196 Å². The molecule has 4 aliphatic carbocycles. The summed E-state index contributed by atoms with van der Waals surface area (Å²) in [5.41, 5.74) is 1.97. The summed E-state index contributed by atoms with van der Waals surface area (Å²) in [6.07, 6.45) is 16.8. The second-order valence-corrected chi connectivity index (χ2v) is 12.0. The second kappa shape index (κ2) is 9.32. The van der Waals surface area contributed by atoms with Crippen molar-refractivity contribution < 1.29 is 14.7 Å². The van der Waals surface area contributed by atoms with Crippen molar-refractivity contribution in [3.8, 4) is 0 Å². The Morgan fingerprint density at radius 3 is 2.34 bits per heavy atom. The van der Waals surface area contributed by atoms with E-state index in [1.165, 1.54) is 42.6 Å². The Bertz CT molecular complexity index is 883. The van der Waals surface area contributed by atoms with Gasteiger partial charge in [0.15, 0.2) is 0 Å². The predicted octanol–water partition coefficient (Wildman–Crippen LogP) is 7.14. The predicted molar refractivity (Wildman–Crippen MR) is 130 cm³/mol. The van der Waals surface area contributed by atoms with Crippen LogP contribution in [0.3, 0.4) is 0 Å². The Kier molecular flexibility index (Phi) is 6.46. The quantitative estimate of drug-likeness (QED) is 0.513. The monoisotopic (exact) mass is 455 g/mol. The third-order valence-electron chi connectivity index (χ3n) is 8.60. The van der Waals surface area contributed by atoms with Gasteiger partial charge in [-0.15, -0.1) is 11.3 Å². The standard InChI is InChI=1S/C27H37NO3S/c1-17-7-11-21(12-8-17)26(29)28(22-14-18-9-10-19(13-18)15-22)23-16-24(32-25(23)27(30)31)20-5-3-2-4-6-20/h5,16-19,21-22H,2-4,6-15H2,1H3,(H,30,31)/t17-,18?,19?,21-,22?. The topological polar surface area (TPSA) is 57.6 Å². The van der Waals surface area contributed by atoms with Crippen molar-refractivity contribution in [2.45, 2.75) is 96.4 Å². The van der Waals surface area contributed by atoms with Crippen LogP contribution in [0.4, 0.5) is 5.69 Å². The molecule has 0 aromatic carbocycles. The number of carboxylic acids is 1. The normalized spacial score (nSPS) is 32.4. The molecule has 32 heavy (non-hydrogen) atoms. The fourth-order valence-corrected chi connectivity index (χ4v) is 7.87. The van der Waals surface area contributed by atoms with E-state index in [0.29, 0.717) is 28.3 Å². The number of hydrogen-bond acceptors (Lipinski definition) is 3. The summed E-state index contributed by atoms with van der Waals surface area (Å²) in [5.74, 6) is 1.46. The van der Waals surface area contributed by atoms with Gasteiger partial charge in [-0.25, -0.2) is 4.79 Å². The minimum atomic E-state index is -0.887. The summed E-state index contributed by atoms with van der Waals surface area (Å²) in [5, 5.41) is 10.1. The van der Waals surface area contributed by atoms with E-state index in [1.54, 1.807) is 0 Å². The number of carbonyl (C=O) groups is 2. The number of anilines is 1. The van der Waals surface area contributed by atoms with Crippen LogP contribution in [0.5, 0.6) is 0 Å². The van der Waals surface area contributed by atoms with Crippen LogP contribution in [0.1, 0.15) is 105 Å². The van der Waals surface area contributed by atoms with Gasteiger partial charge in [0.1, 0.15) is 4.88 Å². The number of fused-ring (bicyclic) bond motifs is 2. The molecule has 1 N–H and O–H groups in total. The van der Waals surface area contributed by atoms with Crippen LogP contribution in [-0.4, -0.2) is 23.0 Å². The van der Waals surface area contributed by atoms with E-state index in [0.717, 1.165) is 62.7 Å². The molecule has 1 aromatic heterocycles. The molecule has 4 nitrogen and oxygen atoms in total. The van der Waals surface area contributed by atoms with Gasteiger partial charge >= 0.3 is 5.97 Å². The van der Waals surface area contributed by atoms with E-state index >= 15 is 0 Å². The zero-order chi connectivity index (χ0) is 22.2. The van der Waals surface area contributed by atoms with Crippen LogP contribution < -0.4 is 4.90 Å². The molecule has 1 amide bonds. The minimum Gasteiger partial charge on any atom is -0.477 e. The highest BCUT2D eigenvalue weighted by atomic mass is 32.1. The molecule has 0 radical (unpaired) electrons. The fraction of sp³-hybridized carbons (Fsp3) is 0.704. The van der Waals surface area contributed by atoms with Gasteiger partial charge in [-0.1, -0.05) is 25.8 Å². The van der Waals surface area contributed by atoms with Crippen molar-refractivity contribution in [3.63, 3.8) is 0 Å². The van der Waals surface area contributed by atoms with Crippen LogP contribution in [-0.2, 0) is 4.79 Å². The zero-order valence-corrected chi connectivity index (χ0v) is 20.2. The summed E-state index contributed by atoms with van der Waals surface area (Å²) < 4.78 is 0. The molecule has 2 unspecified atom stereocenters. The van der Waals surface area contributed by atoms with Crippen molar-refractivity contribution >= 4 is 34.5 Å².